The molecule has 0 radical (unpaired) electrons. The third-order valence-corrected chi connectivity index (χ3v) is 6.88. The fraction of sp³-hybridized carbons (Fsp3) is 0.350. The van der Waals surface area contributed by atoms with Gasteiger partial charge in [0.2, 0.25) is 10.0 Å². The van der Waals surface area contributed by atoms with Crippen molar-refractivity contribution in [2.45, 2.75) is 18.7 Å². The van der Waals surface area contributed by atoms with Gasteiger partial charge in [-0.15, -0.1) is 0 Å². The first-order valence-corrected chi connectivity index (χ1v) is 10.7. The monoisotopic (exact) mass is 406 g/mol. The smallest absolute Gasteiger partial charge is 0.279 e. The van der Waals surface area contributed by atoms with Crippen molar-refractivity contribution in [2.75, 3.05) is 38.0 Å². The van der Waals surface area contributed by atoms with Gasteiger partial charge >= 0.3 is 0 Å². The van der Waals surface area contributed by atoms with Crippen LogP contribution in [-0.2, 0) is 14.8 Å². The molecule has 6 nitrogen and oxygen atoms in total. The molecule has 1 aliphatic heterocycles. The van der Waals surface area contributed by atoms with Crippen LogP contribution in [0.25, 0.3) is 0 Å². The zero-order valence-corrected chi connectivity index (χ0v) is 16.9. The van der Waals surface area contributed by atoms with Crippen LogP contribution in [0.5, 0.6) is 0 Å². The fourth-order valence-corrected chi connectivity index (χ4v) is 4.89. The van der Waals surface area contributed by atoms with Crippen molar-refractivity contribution in [3.05, 3.63) is 59.4 Å². The van der Waals surface area contributed by atoms with E-state index in [1.54, 1.807) is 0 Å². The van der Waals surface area contributed by atoms with Crippen LogP contribution in [0.1, 0.15) is 11.1 Å². The summed E-state index contributed by atoms with van der Waals surface area (Å²) in [5.74, 6) is -0.850. The van der Waals surface area contributed by atoms with Crippen LogP contribution >= 0.6 is 0 Å². The lowest BCUT2D eigenvalue weighted by molar-refractivity contribution is -0.895. The standard InChI is InChI=1S/C20H24FN3O3S/c1-15-7-8-18(16(2)13-15)22-20(25)14-23-9-11-24(12-10-23)28(26,27)19-6-4-3-5-17(19)21/h3-8,13H,9-12,14H2,1-2H3,(H,22,25)/p+1. The second-order valence-corrected chi connectivity index (χ2v) is 9.03. The molecular formula is C20H25FN3O3S+. The predicted octanol–water partition coefficient (Wildman–Crippen LogP) is 0.970. The lowest BCUT2D eigenvalue weighted by Gasteiger charge is -2.31. The topological polar surface area (TPSA) is 70.9 Å². The number of piperazine rings is 1. The molecular weight excluding hydrogens is 381 g/mol. The van der Waals surface area contributed by atoms with E-state index in [1.807, 2.05) is 32.0 Å². The third kappa shape index (κ3) is 4.57. The average Bonchev–Trinajstić information content (AvgIpc) is 2.65. The summed E-state index contributed by atoms with van der Waals surface area (Å²) in [6.45, 7) is 5.70. The Morgan fingerprint density at radius 1 is 1.14 bits per heavy atom. The number of aryl methyl sites for hydroxylation is 2. The molecule has 0 aliphatic carbocycles. The predicted molar refractivity (Wildman–Crippen MR) is 105 cm³/mol. The number of halogens is 1. The van der Waals surface area contributed by atoms with Crippen molar-refractivity contribution in [3.8, 4) is 0 Å². The Morgan fingerprint density at radius 2 is 1.82 bits per heavy atom. The van der Waals surface area contributed by atoms with Crippen LogP contribution in [0.4, 0.5) is 10.1 Å². The molecule has 0 aromatic heterocycles. The molecule has 150 valence electrons. The van der Waals surface area contributed by atoms with Gasteiger partial charge in [-0.25, -0.2) is 12.8 Å². The zero-order valence-electron chi connectivity index (χ0n) is 16.0. The van der Waals surface area contributed by atoms with Crippen molar-refractivity contribution >= 4 is 21.6 Å². The number of carbonyl (C=O) groups excluding carboxylic acids is 1. The van der Waals surface area contributed by atoms with Gasteiger partial charge in [-0.1, -0.05) is 29.8 Å². The number of hydrogen-bond acceptors (Lipinski definition) is 3. The second-order valence-electron chi connectivity index (χ2n) is 7.13. The number of carbonyl (C=O) groups is 1. The first-order chi connectivity index (χ1) is 13.3. The lowest BCUT2D eigenvalue weighted by atomic mass is 10.1. The van der Waals surface area contributed by atoms with Crippen molar-refractivity contribution in [3.63, 3.8) is 0 Å². The highest BCUT2D eigenvalue weighted by atomic mass is 32.2. The van der Waals surface area contributed by atoms with E-state index in [9.17, 15) is 17.6 Å². The van der Waals surface area contributed by atoms with E-state index in [0.29, 0.717) is 13.1 Å². The summed E-state index contributed by atoms with van der Waals surface area (Å²) in [5, 5.41) is 2.92. The van der Waals surface area contributed by atoms with E-state index in [2.05, 4.69) is 5.32 Å². The van der Waals surface area contributed by atoms with Gasteiger partial charge in [0.05, 0.1) is 26.2 Å². The maximum atomic E-state index is 13.9. The summed E-state index contributed by atoms with van der Waals surface area (Å²) in [5.41, 5.74) is 2.92. The highest BCUT2D eigenvalue weighted by Gasteiger charge is 2.32. The summed E-state index contributed by atoms with van der Waals surface area (Å²) in [6, 6.07) is 11.2. The van der Waals surface area contributed by atoms with Gasteiger partial charge in [-0.3, -0.25) is 4.79 Å². The molecule has 0 bridgehead atoms. The minimum atomic E-state index is -3.86. The number of quaternary nitrogens is 1. The van der Waals surface area contributed by atoms with Crippen LogP contribution in [0.3, 0.4) is 0 Å². The van der Waals surface area contributed by atoms with Crippen LogP contribution in [0.15, 0.2) is 47.4 Å². The minimum absolute atomic E-state index is 0.104. The SMILES string of the molecule is Cc1ccc(NC(=O)C[NH+]2CCN(S(=O)(=O)c3ccccc3F)CC2)c(C)c1. The highest BCUT2D eigenvalue weighted by molar-refractivity contribution is 7.89. The molecule has 8 heteroatoms. The summed E-state index contributed by atoms with van der Waals surface area (Å²) >= 11 is 0. The normalized spacial score (nSPS) is 16.1. The van der Waals surface area contributed by atoms with Gasteiger partial charge in [0.15, 0.2) is 6.54 Å². The molecule has 2 aromatic rings. The first kappa shape index (κ1) is 20.4. The molecule has 1 amide bonds. The maximum absolute atomic E-state index is 13.9. The Labute approximate surface area is 165 Å². The van der Waals surface area contributed by atoms with E-state index in [-0.39, 0.29) is 30.4 Å². The van der Waals surface area contributed by atoms with E-state index >= 15 is 0 Å². The molecule has 1 saturated heterocycles. The molecule has 1 aliphatic rings. The average molecular weight is 407 g/mol. The number of nitrogens with zero attached hydrogens (tertiary/aromatic N) is 1. The van der Waals surface area contributed by atoms with Crippen LogP contribution in [0.2, 0.25) is 0 Å². The molecule has 0 unspecified atom stereocenters. The van der Waals surface area contributed by atoms with Crippen molar-refractivity contribution < 1.29 is 22.5 Å². The zero-order chi connectivity index (χ0) is 20.3. The molecule has 0 spiro atoms. The van der Waals surface area contributed by atoms with Crippen LogP contribution in [0, 0.1) is 19.7 Å². The number of rotatable bonds is 5. The molecule has 0 atom stereocenters. The summed E-state index contributed by atoms with van der Waals surface area (Å²) in [6.07, 6.45) is 0. The summed E-state index contributed by atoms with van der Waals surface area (Å²) in [4.78, 5) is 13.1. The summed E-state index contributed by atoms with van der Waals surface area (Å²) < 4.78 is 40.5. The fourth-order valence-electron chi connectivity index (χ4n) is 3.39. The van der Waals surface area contributed by atoms with Crippen molar-refractivity contribution in [1.29, 1.82) is 0 Å². The molecule has 3 rings (SSSR count). The van der Waals surface area contributed by atoms with E-state index in [4.69, 9.17) is 0 Å². The first-order valence-electron chi connectivity index (χ1n) is 9.23. The minimum Gasteiger partial charge on any atom is -0.325 e. The van der Waals surface area contributed by atoms with E-state index in [1.165, 1.54) is 22.5 Å². The molecule has 0 saturated carbocycles. The lowest BCUT2D eigenvalue weighted by Crippen LogP contribution is -3.15. The number of anilines is 1. The Balaban J connectivity index is 1.57. The van der Waals surface area contributed by atoms with E-state index < -0.39 is 15.8 Å². The highest BCUT2D eigenvalue weighted by Crippen LogP contribution is 2.19. The van der Waals surface area contributed by atoms with Gasteiger partial charge in [0.25, 0.3) is 5.91 Å². The van der Waals surface area contributed by atoms with Gasteiger partial charge in [-0.05, 0) is 37.6 Å². The van der Waals surface area contributed by atoms with Crippen molar-refractivity contribution in [2.24, 2.45) is 0 Å². The van der Waals surface area contributed by atoms with Crippen LogP contribution in [-0.4, -0.2) is 51.4 Å². The molecule has 28 heavy (non-hydrogen) atoms. The van der Waals surface area contributed by atoms with E-state index in [0.717, 1.165) is 27.8 Å². The Bertz CT molecular complexity index is 970. The second kappa shape index (κ2) is 8.38. The number of benzene rings is 2. The number of sulfonamides is 1. The molecule has 1 fully saturated rings. The van der Waals surface area contributed by atoms with Gasteiger partial charge in [0.1, 0.15) is 10.7 Å². The number of nitrogens with one attached hydrogen (secondary N) is 2. The Kier molecular flexibility index (Phi) is 6.12. The molecule has 1 heterocycles. The van der Waals surface area contributed by atoms with Gasteiger partial charge in [-0.2, -0.15) is 4.31 Å². The quantitative estimate of drug-likeness (QED) is 0.778. The molecule has 2 N–H and O–H groups in total. The number of amides is 1. The summed E-state index contributed by atoms with van der Waals surface area (Å²) in [7, 11) is -3.86. The van der Waals surface area contributed by atoms with Crippen LogP contribution < -0.4 is 10.2 Å². The van der Waals surface area contributed by atoms with Crippen molar-refractivity contribution in [1.82, 2.24) is 4.31 Å². The Morgan fingerprint density at radius 3 is 2.46 bits per heavy atom. The third-order valence-electron chi connectivity index (χ3n) is 4.95. The maximum Gasteiger partial charge on any atom is 0.279 e. The molecule has 2 aromatic carbocycles. The van der Waals surface area contributed by atoms with Gasteiger partial charge in [0, 0.05) is 5.69 Å². The largest absolute Gasteiger partial charge is 0.325 e. The Hall–Kier alpha value is -2.29. The number of hydrogen-bond donors (Lipinski definition) is 2. The van der Waals surface area contributed by atoms with Gasteiger partial charge < -0.3 is 10.2 Å².